The third kappa shape index (κ3) is 5.42. The van der Waals surface area contributed by atoms with Crippen LogP contribution in [0.1, 0.15) is 13.8 Å². The van der Waals surface area contributed by atoms with E-state index >= 15 is 0 Å². The summed E-state index contributed by atoms with van der Waals surface area (Å²) in [4.78, 5) is 8.99. The number of alkyl halides is 1. The van der Waals surface area contributed by atoms with E-state index < -0.39 is 7.60 Å². The molecule has 0 aromatic carbocycles. The maximum absolute atomic E-state index is 10.9. The Balaban J connectivity index is 3.75. The van der Waals surface area contributed by atoms with Gasteiger partial charge < -0.3 is 9.42 Å². The van der Waals surface area contributed by atoms with Crippen molar-refractivity contribution in [3.63, 3.8) is 0 Å². The number of halogens is 1. The molecule has 0 saturated heterocycles. The molecule has 0 aromatic rings. The zero-order valence-corrected chi connectivity index (χ0v) is 8.56. The van der Waals surface area contributed by atoms with E-state index in [2.05, 4.69) is 15.9 Å². The molecule has 0 bridgehead atoms. The summed E-state index contributed by atoms with van der Waals surface area (Å²) >= 11 is 3.06. The summed E-state index contributed by atoms with van der Waals surface area (Å²) in [5, 5.41) is 0.494. The average molecular weight is 231 g/mol. The average Bonchev–Trinajstić information content (AvgIpc) is 1.59. The molecule has 1 N–H and O–H groups in total. The van der Waals surface area contributed by atoms with E-state index in [-0.39, 0.29) is 12.3 Å². The van der Waals surface area contributed by atoms with Gasteiger partial charge in [-0.1, -0.05) is 15.9 Å². The molecule has 0 heterocycles. The molecule has 10 heavy (non-hydrogen) atoms. The van der Waals surface area contributed by atoms with Crippen LogP contribution in [0.15, 0.2) is 0 Å². The van der Waals surface area contributed by atoms with Gasteiger partial charge in [-0.05, 0) is 13.8 Å². The van der Waals surface area contributed by atoms with E-state index in [9.17, 15) is 4.57 Å². The van der Waals surface area contributed by atoms with Gasteiger partial charge in [-0.25, -0.2) is 0 Å². The zero-order valence-electron chi connectivity index (χ0n) is 6.08. The molecular weight excluding hydrogens is 219 g/mol. The topological polar surface area (TPSA) is 46.5 Å². The van der Waals surface area contributed by atoms with E-state index in [1.54, 1.807) is 13.8 Å². The Kier molecular flexibility index (Phi) is 4.78. The zero-order chi connectivity index (χ0) is 8.20. The Bertz CT molecular complexity index is 137. The minimum Gasteiger partial charge on any atom is -0.324 e. The van der Waals surface area contributed by atoms with Crippen LogP contribution >= 0.6 is 23.5 Å². The molecule has 0 aliphatic heterocycles. The summed E-state index contributed by atoms with van der Waals surface area (Å²) in [7, 11) is -3.30. The van der Waals surface area contributed by atoms with E-state index in [1.807, 2.05) is 0 Å². The van der Waals surface area contributed by atoms with E-state index in [0.29, 0.717) is 5.33 Å². The van der Waals surface area contributed by atoms with Crippen molar-refractivity contribution in [2.45, 2.75) is 20.0 Å². The molecule has 1 atom stereocenters. The van der Waals surface area contributed by atoms with Crippen molar-refractivity contribution < 1.29 is 14.0 Å². The fourth-order valence-corrected chi connectivity index (χ4v) is 2.81. The second kappa shape index (κ2) is 4.50. The molecule has 0 saturated carbocycles. The van der Waals surface area contributed by atoms with Crippen molar-refractivity contribution in [3.05, 3.63) is 0 Å². The lowest BCUT2D eigenvalue weighted by Crippen LogP contribution is -2.03. The molecule has 0 amide bonds. The Hall–Kier alpha value is 0.630. The molecule has 1 unspecified atom stereocenters. The standard InChI is InChI=1S/C5H12BrO3P/c1-5(2)9-10(7,8)4-3-6/h5H,3-4H2,1-2H3,(H,7,8). The highest BCUT2D eigenvalue weighted by Crippen LogP contribution is 2.42. The van der Waals surface area contributed by atoms with Crippen LogP contribution in [0.2, 0.25) is 0 Å². The summed E-state index contributed by atoms with van der Waals surface area (Å²) in [5.41, 5.74) is 0. The van der Waals surface area contributed by atoms with E-state index in [4.69, 9.17) is 9.42 Å². The first-order valence-corrected chi connectivity index (χ1v) is 5.92. The summed E-state index contributed by atoms with van der Waals surface area (Å²) in [6.07, 6.45) is -0.0135. The summed E-state index contributed by atoms with van der Waals surface area (Å²) in [6, 6.07) is 0. The maximum Gasteiger partial charge on any atom is 0.329 e. The van der Waals surface area contributed by atoms with Crippen LogP contribution in [0, 0.1) is 0 Å². The van der Waals surface area contributed by atoms with Gasteiger partial charge in [0.15, 0.2) is 0 Å². The Morgan fingerprint density at radius 3 is 2.50 bits per heavy atom. The lowest BCUT2D eigenvalue weighted by molar-refractivity contribution is 0.206. The molecule has 0 aromatic heterocycles. The van der Waals surface area contributed by atoms with Crippen molar-refractivity contribution in [1.82, 2.24) is 0 Å². The van der Waals surface area contributed by atoms with Gasteiger partial charge in [0.1, 0.15) is 0 Å². The Morgan fingerprint density at radius 2 is 2.20 bits per heavy atom. The summed E-state index contributed by atoms with van der Waals surface area (Å²) < 4.78 is 15.7. The Morgan fingerprint density at radius 1 is 1.70 bits per heavy atom. The molecule has 0 fully saturated rings. The molecule has 5 heteroatoms. The molecule has 62 valence electrons. The van der Waals surface area contributed by atoms with Crippen LogP contribution in [0.4, 0.5) is 0 Å². The molecule has 3 nitrogen and oxygen atoms in total. The predicted octanol–water partition coefficient (Wildman–Crippen LogP) is 1.99. The van der Waals surface area contributed by atoms with Gasteiger partial charge in [0.25, 0.3) is 0 Å². The van der Waals surface area contributed by atoms with Gasteiger partial charge in [0, 0.05) is 5.33 Å². The third-order valence-corrected chi connectivity index (χ3v) is 3.29. The first kappa shape index (κ1) is 10.6. The van der Waals surface area contributed by atoms with Crippen molar-refractivity contribution in [3.8, 4) is 0 Å². The van der Waals surface area contributed by atoms with E-state index in [0.717, 1.165) is 0 Å². The van der Waals surface area contributed by atoms with Crippen LogP contribution in [0.25, 0.3) is 0 Å². The first-order chi connectivity index (χ1) is 4.48. The third-order valence-electron chi connectivity index (χ3n) is 0.743. The van der Waals surface area contributed by atoms with Crippen molar-refractivity contribution in [2.24, 2.45) is 0 Å². The molecule has 0 radical (unpaired) electrons. The van der Waals surface area contributed by atoms with Gasteiger partial charge in [-0.3, -0.25) is 4.57 Å². The quantitative estimate of drug-likeness (QED) is 0.594. The normalized spacial score (nSPS) is 17.3. The van der Waals surface area contributed by atoms with E-state index in [1.165, 1.54) is 0 Å². The minimum atomic E-state index is -3.30. The van der Waals surface area contributed by atoms with Gasteiger partial charge >= 0.3 is 7.60 Å². The highest BCUT2D eigenvalue weighted by Gasteiger charge is 2.19. The number of hydrogen-bond acceptors (Lipinski definition) is 2. The van der Waals surface area contributed by atoms with Crippen LogP contribution < -0.4 is 0 Å². The first-order valence-electron chi connectivity index (χ1n) is 3.04. The van der Waals surface area contributed by atoms with Crippen LogP contribution in [0.3, 0.4) is 0 Å². The highest BCUT2D eigenvalue weighted by molar-refractivity contribution is 9.09. The van der Waals surface area contributed by atoms with Crippen LogP contribution in [-0.4, -0.2) is 22.5 Å². The fraction of sp³-hybridized carbons (Fsp3) is 1.00. The van der Waals surface area contributed by atoms with Crippen LogP contribution in [0.5, 0.6) is 0 Å². The van der Waals surface area contributed by atoms with Crippen LogP contribution in [-0.2, 0) is 9.09 Å². The smallest absolute Gasteiger partial charge is 0.324 e. The monoisotopic (exact) mass is 230 g/mol. The second-order valence-electron chi connectivity index (χ2n) is 2.20. The maximum atomic E-state index is 10.9. The van der Waals surface area contributed by atoms with Gasteiger partial charge in [0.2, 0.25) is 0 Å². The largest absolute Gasteiger partial charge is 0.329 e. The lowest BCUT2D eigenvalue weighted by Gasteiger charge is -2.12. The lowest BCUT2D eigenvalue weighted by atomic mass is 10.5. The minimum absolute atomic E-state index is 0.172. The number of rotatable bonds is 4. The van der Waals surface area contributed by atoms with Crippen molar-refractivity contribution >= 4 is 23.5 Å². The Labute approximate surface area is 69.4 Å². The molecule has 0 spiro atoms. The molecule has 0 aliphatic rings. The molecule has 0 rings (SSSR count). The molecular formula is C5H12BrO3P. The van der Waals surface area contributed by atoms with Gasteiger partial charge in [0.05, 0.1) is 12.3 Å². The fourth-order valence-electron chi connectivity index (χ4n) is 0.489. The summed E-state index contributed by atoms with van der Waals surface area (Å²) in [6.45, 7) is 3.47. The number of hydrogen-bond donors (Lipinski definition) is 1. The SMILES string of the molecule is CC(C)OP(=O)(O)CCBr. The predicted molar refractivity (Wildman–Crippen MR) is 44.7 cm³/mol. The van der Waals surface area contributed by atoms with Gasteiger partial charge in [-0.15, -0.1) is 0 Å². The van der Waals surface area contributed by atoms with Crippen molar-refractivity contribution in [2.75, 3.05) is 11.5 Å². The summed E-state index contributed by atoms with van der Waals surface area (Å²) in [5.74, 6) is 0. The second-order valence-corrected chi connectivity index (χ2v) is 4.93. The van der Waals surface area contributed by atoms with Crippen molar-refractivity contribution in [1.29, 1.82) is 0 Å². The van der Waals surface area contributed by atoms with Gasteiger partial charge in [-0.2, -0.15) is 0 Å². The highest BCUT2D eigenvalue weighted by atomic mass is 79.9. The molecule has 0 aliphatic carbocycles.